The second kappa shape index (κ2) is 11.9. The molecule has 2 heterocycles. The molecule has 0 saturated carbocycles. The van der Waals surface area contributed by atoms with Gasteiger partial charge in [-0.2, -0.15) is 13.2 Å². The van der Waals surface area contributed by atoms with Crippen LogP contribution in [-0.2, 0) is 25.9 Å². The maximum absolute atomic E-state index is 12.8. The highest BCUT2D eigenvalue weighted by Gasteiger charge is 2.30. The summed E-state index contributed by atoms with van der Waals surface area (Å²) in [5, 5.41) is 4.25. The number of nitrogens with zero attached hydrogens (tertiary/aromatic N) is 3. The van der Waals surface area contributed by atoms with Crippen LogP contribution < -0.4 is 9.47 Å². The molecule has 0 radical (unpaired) electrons. The van der Waals surface area contributed by atoms with E-state index in [9.17, 15) is 13.2 Å². The zero-order chi connectivity index (χ0) is 27.2. The van der Waals surface area contributed by atoms with E-state index in [1.54, 1.807) is 19.2 Å². The van der Waals surface area contributed by atoms with Crippen molar-refractivity contribution in [1.82, 2.24) is 15.0 Å². The van der Waals surface area contributed by atoms with E-state index in [-0.39, 0.29) is 0 Å². The molecule has 204 valence electrons. The first kappa shape index (κ1) is 26.8. The van der Waals surface area contributed by atoms with Gasteiger partial charge >= 0.3 is 6.18 Å². The Kier molecular flexibility index (Phi) is 8.18. The van der Waals surface area contributed by atoms with Crippen molar-refractivity contribution in [2.75, 3.05) is 33.3 Å². The molecule has 1 fully saturated rings. The average molecular weight is 538 g/mol. The molecule has 39 heavy (non-hydrogen) atoms. The van der Waals surface area contributed by atoms with Crippen LogP contribution >= 0.6 is 0 Å². The molecule has 5 rings (SSSR count). The number of hydrogen-bond acceptors (Lipinski definition) is 6. The number of ether oxygens (including phenoxy) is 2. The first-order valence-corrected chi connectivity index (χ1v) is 12.8. The summed E-state index contributed by atoms with van der Waals surface area (Å²) in [5.74, 6) is 2.24. The molecule has 4 aromatic rings. The molecule has 0 N–H and O–H groups in total. The highest BCUT2D eigenvalue weighted by Crippen LogP contribution is 2.29. The number of benzene rings is 3. The molecule has 1 aliphatic heterocycles. The molecule has 1 aromatic heterocycles. The number of para-hydroxylation sites is 1. The maximum Gasteiger partial charge on any atom is 0.416 e. The molecule has 6 nitrogen and oxygen atoms in total. The minimum absolute atomic E-state index is 0.410. The molecule has 0 amide bonds. The van der Waals surface area contributed by atoms with Crippen molar-refractivity contribution in [3.8, 4) is 22.8 Å². The average Bonchev–Trinajstić information content (AvgIpc) is 3.41. The van der Waals surface area contributed by atoms with Gasteiger partial charge in [0.2, 0.25) is 0 Å². The van der Waals surface area contributed by atoms with Crippen LogP contribution in [0.15, 0.2) is 83.4 Å². The summed E-state index contributed by atoms with van der Waals surface area (Å²) in [6, 6.07) is 22.8. The summed E-state index contributed by atoms with van der Waals surface area (Å²) in [5.41, 5.74) is 3.02. The first-order chi connectivity index (χ1) is 18.9. The molecule has 1 saturated heterocycles. The van der Waals surface area contributed by atoms with Crippen LogP contribution in [0.2, 0.25) is 0 Å². The summed E-state index contributed by atoms with van der Waals surface area (Å²) in [6.45, 7) is 5.09. The van der Waals surface area contributed by atoms with Crippen LogP contribution in [0.5, 0.6) is 11.5 Å². The maximum atomic E-state index is 12.8. The molecular formula is C30H30F3N3O3. The monoisotopic (exact) mass is 537 g/mol. The number of hydrogen-bond donors (Lipinski definition) is 0. The van der Waals surface area contributed by atoms with E-state index in [2.05, 4.69) is 15.0 Å². The zero-order valence-corrected chi connectivity index (χ0v) is 21.7. The molecule has 0 unspecified atom stereocenters. The van der Waals surface area contributed by atoms with Gasteiger partial charge in [0.15, 0.2) is 5.76 Å². The van der Waals surface area contributed by atoms with Crippen molar-refractivity contribution >= 4 is 0 Å². The quantitative estimate of drug-likeness (QED) is 0.251. The van der Waals surface area contributed by atoms with E-state index in [0.29, 0.717) is 25.5 Å². The van der Waals surface area contributed by atoms with Crippen LogP contribution in [0.4, 0.5) is 13.2 Å². The van der Waals surface area contributed by atoms with Crippen molar-refractivity contribution in [3.05, 3.63) is 101 Å². The second-order valence-corrected chi connectivity index (χ2v) is 9.55. The normalized spacial score (nSPS) is 14.9. The molecule has 0 aliphatic carbocycles. The van der Waals surface area contributed by atoms with Gasteiger partial charge in [-0.25, -0.2) is 0 Å². The Balaban J connectivity index is 1.09. The van der Waals surface area contributed by atoms with Gasteiger partial charge in [-0.3, -0.25) is 9.80 Å². The van der Waals surface area contributed by atoms with Gasteiger partial charge in [0, 0.05) is 56.5 Å². The molecule has 0 atom stereocenters. The Bertz CT molecular complexity index is 1350. The Hall–Kier alpha value is -3.82. The summed E-state index contributed by atoms with van der Waals surface area (Å²) in [6.07, 6.45) is -4.30. The molecule has 0 bridgehead atoms. The lowest BCUT2D eigenvalue weighted by Crippen LogP contribution is -2.45. The number of alkyl halides is 3. The third-order valence-electron chi connectivity index (χ3n) is 6.82. The van der Waals surface area contributed by atoms with Crippen LogP contribution in [0.1, 0.15) is 22.4 Å². The highest BCUT2D eigenvalue weighted by molar-refractivity contribution is 5.58. The van der Waals surface area contributed by atoms with Gasteiger partial charge in [-0.15, -0.1) is 0 Å². The van der Waals surface area contributed by atoms with Gasteiger partial charge in [-0.1, -0.05) is 35.5 Å². The largest absolute Gasteiger partial charge is 0.496 e. The van der Waals surface area contributed by atoms with Gasteiger partial charge in [0.25, 0.3) is 0 Å². The highest BCUT2D eigenvalue weighted by atomic mass is 19.4. The number of rotatable bonds is 9. The number of methoxy groups -OCH3 is 1. The van der Waals surface area contributed by atoms with Gasteiger partial charge < -0.3 is 14.0 Å². The predicted octanol–water partition coefficient (Wildman–Crippen LogP) is 6.27. The summed E-state index contributed by atoms with van der Waals surface area (Å²) in [7, 11) is 1.65. The first-order valence-electron chi connectivity index (χ1n) is 12.8. The van der Waals surface area contributed by atoms with Crippen LogP contribution in [-0.4, -0.2) is 48.2 Å². The molecule has 9 heteroatoms. The van der Waals surface area contributed by atoms with E-state index >= 15 is 0 Å². The number of aromatic nitrogens is 1. The van der Waals surface area contributed by atoms with Crippen LogP contribution in [0.25, 0.3) is 11.3 Å². The Morgan fingerprint density at radius 3 is 2.18 bits per heavy atom. The SMILES string of the molecule is COc1ccccc1COc1ccc(-c2cc(CN3CCN(Cc4ccc(C(F)(F)F)cc4)CC3)no2)cc1. The van der Waals surface area contributed by atoms with E-state index < -0.39 is 11.7 Å². The third-order valence-corrected chi connectivity index (χ3v) is 6.82. The standard InChI is InChI=1S/C30H30F3N3O3/c1-37-28-5-3-2-4-24(28)21-38-27-12-8-23(9-13-27)29-18-26(34-39-29)20-36-16-14-35(15-17-36)19-22-6-10-25(11-7-22)30(31,32)33/h2-13,18H,14-17,19-21H2,1H3. The van der Waals surface area contributed by atoms with E-state index in [0.717, 1.165) is 72.2 Å². The van der Waals surface area contributed by atoms with E-state index in [1.165, 1.54) is 0 Å². The lowest BCUT2D eigenvalue weighted by molar-refractivity contribution is -0.137. The number of halogens is 3. The van der Waals surface area contributed by atoms with E-state index in [4.69, 9.17) is 14.0 Å². The summed E-state index contributed by atoms with van der Waals surface area (Å²) in [4.78, 5) is 4.56. The fourth-order valence-electron chi connectivity index (χ4n) is 4.61. The summed E-state index contributed by atoms with van der Waals surface area (Å²) >= 11 is 0. The topological polar surface area (TPSA) is 51.0 Å². The Morgan fingerprint density at radius 1 is 0.846 bits per heavy atom. The minimum atomic E-state index is -4.30. The van der Waals surface area contributed by atoms with Gasteiger partial charge in [0.05, 0.1) is 18.4 Å². The fourth-order valence-corrected chi connectivity index (χ4v) is 4.61. The van der Waals surface area contributed by atoms with Gasteiger partial charge in [0.1, 0.15) is 18.1 Å². The third kappa shape index (κ3) is 6.99. The minimum Gasteiger partial charge on any atom is -0.496 e. The lowest BCUT2D eigenvalue weighted by atomic mass is 10.1. The van der Waals surface area contributed by atoms with Gasteiger partial charge in [-0.05, 0) is 48.0 Å². The van der Waals surface area contributed by atoms with Crippen molar-refractivity contribution < 1.29 is 27.2 Å². The van der Waals surface area contributed by atoms with E-state index in [1.807, 2.05) is 54.6 Å². The number of piperazine rings is 1. The molecule has 1 aliphatic rings. The summed E-state index contributed by atoms with van der Waals surface area (Å²) < 4.78 is 55.2. The zero-order valence-electron chi connectivity index (χ0n) is 21.7. The predicted molar refractivity (Wildman–Crippen MR) is 141 cm³/mol. The van der Waals surface area contributed by atoms with Crippen molar-refractivity contribution in [3.63, 3.8) is 0 Å². The molecule has 0 spiro atoms. The van der Waals surface area contributed by atoms with Crippen molar-refractivity contribution in [1.29, 1.82) is 0 Å². The molecule has 3 aromatic carbocycles. The van der Waals surface area contributed by atoms with Crippen molar-refractivity contribution in [2.45, 2.75) is 25.9 Å². The fraction of sp³-hybridized carbons (Fsp3) is 0.300. The van der Waals surface area contributed by atoms with Crippen molar-refractivity contribution in [2.24, 2.45) is 0 Å². The van der Waals surface area contributed by atoms with Crippen LogP contribution in [0, 0.1) is 0 Å². The Morgan fingerprint density at radius 2 is 1.51 bits per heavy atom. The second-order valence-electron chi connectivity index (χ2n) is 9.55. The smallest absolute Gasteiger partial charge is 0.416 e. The Labute approximate surface area is 225 Å². The van der Waals surface area contributed by atoms with Crippen LogP contribution in [0.3, 0.4) is 0 Å². The molecular weight excluding hydrogens is 507 g/mol. The lowest BCUT2D eigenvalue weighted by Gasteiger charge is -2.34.